The van der Waals surface area contributed by atoms with Gasteiger partial charge in [0.15, 0.2) is 0 Å². The number of anilines is 1. The van der Waals surface area contributed by atoms with Gasteiger partial charge >= 0.3 is 0 Å². The number of nitrogens with one attached hydrogen (secondary N) is 1. The fraction of sp³-hybridized carbons (Fsp3) is 0.167. The van der Waals surface area contributed by atoms with E-state index in [9.17, 15) is 9.59 Å². The molecule has 1 N–H and O–H groups in total. The van der Waals surface area contributed by atoms with E-state index in [0.29, 0.717) is 35.0 Å². The molecule has 30 heavy (non-hydrogen) atoms. The Morgan fingerprint density at radius 3 is 2.33 bits per heavy atom. The molecule has 0 unspecified atom stereocenters. The van der Waals surface area contributed by atoms with Crippen molar-refractivity contribution in [3.63, 3.8) is 0 Å². The Morgan fingerprint density at radius 2 is 1.60 bits per heavy atom. The van der Waals surface area contributed by atoms with Gasteiger partial charge in [-0.05, 0) is 43.3 Å². The van der Waals surface area contributed by atoms with E-state index in [1.807, 2.05) is 37.3 Å². The molecule has 154 valence electrons. The summed E-state index contributed by atoms with van der Waals surface area (Å²) in [5.41, 5.74) is 1.01. The number of rotatable bonds is 8. The number of carbonyl (C=O) groups is 2. The molecule has 0 atom stereocenters. The molecule has 0 aliphatic heterocycles. The Balaban J connectivity index is 1.72. The van der Waals surface area contributed by atoms with Gasteiger partial charge in [0.1, 0.15) is 23.8 Å². The maximum absolute atomic E-state index is 13.1. The number of nitrogens with zero attached hydrogens (tertiary/aromatic N) is 1. The monoisotopic (exact) mass is 404 g/mol. The van der Waals surface area contributed by atoms with Crippen molar-refractivity contribution in [2.75, 3.05) is 25.5 Å². The normalized spacial score (nSPS) is 10.2. The Kier molecular flexibility index (Phi) is 7.05. The quantitative estimate of drug-likeness (QED) is 0.596. The van der Waals surface area contributed by atoms with Gasteiger partial charge in [0, 0.05) is 18.3 Å². The van der Waals surface area contributed by atoms with E-state index in [1.165, 1.54) is 4.90 Å². The second kappa shape index (κ2) is 10.1. The van der Waals surface area contributed by atoms with Crippen LogP contribution in [0, 0.1) is 0 Å². The van der Waals surface area contributed by atoms with Crippen LogP contribution in [0.5, 0.6) is 17.2 Å². The average molecular weight is 404 g/mol. The summed E-state index contributed by atoms with van der Waals surface area (Å²) in [5.74, 6) is 1.16. The molecule has 0 aliphatic rings. The first-order chi connectivity index (χ1) is 14.6. The lowest BCUT2D eigenvalue weighted by molar-refractivity contribution is -0.116. The van der Waals surface area contributed by atoms with Gasteiger partial charge in [0.05, 0.1) is 12.7 Å². The van der Waals surface area contributed by atoms with Gasteiger partial charge in [-0.25, -0.2) is 0 Å². The lowest BCUT2D eigenvalue weighted by Gasteiger charge is -2.22. The Hall–Kier alpha value is -3.80. The van der Waals surface area contributed by atoms with Crippen LogP contribution in [-0.2, 0) is 4.79 Å². The molecule has 0 saturated heterocycles. The molecule has 0 aromatic heterocycles. The molecule has 3 aromatic rings. The summed E-state index contributed by atoms with van der Waals surface area (Å²) in [6.07, 6.45) is 0. The van der Waals surface area contributed by atoms with E-state index in [4.69, 9.17) is 9.47 Å². The largest absolute Gasteiger partial charge is 0.497 e. The lowest BCUT2D eigenvalue weighted by atomic mass is 10.1. The molecule has 6 heteroatoms. The number of benzene rings is 3. The zero-order valence-electron chi connectivity index (χ0n) is 17.0. The van der Waals surface area contributed by atoms with Crippen molar-refractivity contribution < 1.29 is 19.1 Å². The van der Waals surface area contributed by atoms with Crippen LogP contribution in [0.25, 0.3) is 0 Å². The van der Waals surface area contributed by atoms with Crippen LogP contribution in [-0.4, -0.2) is 36.9 Å². The third-order valence-electron chi connectivity index (χ3n) is 4.45. The molecule has 6 nitrogen and oxygen atoms in total. The topological polar surface area (TPSA) is 67.9 Å². The number of methoxy groups -OCH3 is 1. The third kappa shape index (κ3) is 5.38. The van der Waals surface area contributed by atoms with Crippen molar-refractivity contribution in [3.8, 4) is 17.2 Å². The van der Waals surface area contributed by atoms with Crippen LogP contribution >= 0.6 is 0 Å². The van der Waals surface area contributed by atoms with Crippen LogP contribution in [0.4, 0.5) is 5.69 Å². The number of amides is 2. The lowest BCUT2D eigenvalue weighted by Crippen LogP contribution is -2.38. The van der Waals surface area contributed by atoms with Gasteiger partial charge in [-0.1, -0.05) is 36.4 Å². The second-order valence-electron chi connectivity index (χ2n) is 6.51. The average Bonchev–Trinajstić information content (AvgIpc) is 2.78. The third-order valence-corrected chi connectivity index (χ3v) is 4.45. The SMILES string of the molecule is CCN(CC(=O)Nc1cccc(OC)c1)C(=O)c1ccccc1Oc1ccccc1. The van der Waals surface area contributed by atoms with Crippen LogP contribution in [0.1, 0.15) is 17.3 Å². The molecule has 0 bridgehead atoms. The zero-order chi connectivity index (χ0) is 21.3. The van der Waals surface area contributed by atoms with Gasteiger partial charge in [-0.15, -0.1) is 0 Å². The number of carbonyl (C=O) groups excluding carboxylic acids is 2. The van der Waals surface area contributed by atoms with Crippen molar-refractivity contribution in [3.05, 3.63) is 84.4 Å². The standard InChI is InChI=1S/C24H24N2O4/c1-3-26(17-23(27)25-18-10-9-13-20(16-18)29-2)24(28)21-14-7-8-15-22(21)30-19-11-5-4-6-12-19/h4-16H,3,17H2,1-2H3,(H,25,27). The summed E-state index contributed by atoms with van der Waals surface area (Å²) in [6.45, 7) is 2.13. The predicted octanol–water partition coefficient (Wildman–Crippen LogP) is 4.59. The molecule has 0 fully saturated rings. The van der Waals surface area contributed by atoms with E-state index in [1.54, 1.807) is 55.6 Å². The van der Waals surface area contributed by atoms with Gasteiger partial charge in [-0.3, -0.25) is 9.59 Å². The van der Waals surface area contributed by atoms with Crippen LogP contribution in [0.2, 0.25) is 0 Å². The summed E-state index contributed by atoms with van der Waals surface area (Å²) < 4.78 is 11.1. The van der Waals surface area contributed by atoms with E-state index in [2.05, 4.69) is 5.32 Å². The van der Waals surface area contributed by atoms with E-state index in [-0.39, 0.29) is 18.4 Å². The fourth-order valence-corrected chi connectivity index (χ4v) is 2.92. The fourth-order valence-electron chi connectivity index (χ4n) is 2.92. The van der Waals surface area contributed by atoms with Gasteiger partial charge in [0.25, 0.3) is 5.91 Å². The highest BCUT2D eigenvalue weighted by Crippen LogP contribution is 2.26. The molecule has 3 aromatic carbocycles. The van der Waals surface area contributed by atoms with Gasteiger partial charge in [0.2, 0.25) is 5.91 Å². The summed E-state index contributed by atoms with van der Waals surface area (Å²) in [5, 5.41) is 2.80. The Bertz CT molecular complexity index is 1000. The van der Waals surface area contributed by atoms with Gasteiger partial charge < -0.3 is 19.7 Å². The summed E-state index contributed by atoms with van der Waals surface area (Å²) in [4.78, 5) is 27.1. The van der Waals surface area contributed by atoms with Crippen molar-refractivity contribution in [1.82, 2.24) is 4.90 Å². The van der Waals surface area contributed by atoms with E-state index >= 15 is 0 Å². The number of hydrogen-bond donors (Lipinski definition) is 1. The number of likely N-dealkylation sites (N-methyl/N-ethyl adjacent to an activating group) is 1. The van der Waals surface area contributed by atoms with Crippen LogP contribution < -0.4 is 14.8 Å². The Labute approximate surface area is 176 Å². The summed E-state index contributed by atoms with van der Waals surface area (Å²) in [6, 6.07) is 23.3. The summed E-state index contributed by atoms with van der Waals surface area (Å²) >= 11 is 0. The molecule has 3 rings (SSSR count). The highest BCUT2D eigenvalue weighted by Gasteiger charge is 2.21. The second-order valence-corrected chi connectivity index (χ2v) is 6.51. The highest BCUT2D eigenvalue weighted by molar-refractivity contribution is 6.01. The minimum atomic E-state index is -0.292. The minimum absolute atomic E-state index is 0.0772. The minimum Gasteiger partial charge on any atom is -0.497 e. The van der Waals surface area contributed by atoms with Crippen LogP contribution in [0.3, 0.4) is 0 Å². The highest BCUT2D eigenvalue weighted by atomic mass is 16.5. The first-order valence-corrected chi connectivity index (χ1v) is 9.65. The molecule has 0 saturated carbocycles. The maximum atomic E-state index is 13.1. The van der Waals surface area contributed by atoms with Gasteiger partial charge in [-0.2, -0.15) is 0 Å². The summed E-state index contributed by atoms with van der Waals surface area (Å²) in [7, 11) is 1.56. The zero-order valence-corrected chi connectivity index (χ0v) is 17.0. The number of ether oxygens (including phenoxy) is 2. The maximum Gasteiger partial charge on any atom is 0.258 e. The smallest absolute Gasteiger partial charge is 0.258 e. The predicted molar refractivity (Wildman–Crippen MR) is 116 cm³/mol. The van der Waals surface area contributed by atoms with Crippen molar-refractivity contribution in [1.29, 1.82) is 0 Å². The first kappa shape index (κ1) is 20.9. The van der Waals surface area contributed by atoms with E-state index < -0.39 is 0 Å². The van der Waals surface area contributed by atoms with E-state index in [0.717, 1.165) is 0 Å². The van der Waals surface area contributed by atoms with Crippen LogP contribution in [0.15, 0.2) is 78.9 Å². The molecular formula is C24H24N2O4. The Morgan fingerprint density at radius 1 is 0.900 bits per heavy atom. The molecule has 0 radical (unpaired) electrons. The number of para-hydroxylation sites is 2. The molecular weight excluding hydrogens is 380 g/mol. The first-order valence-electron chi connectivity index (χ1n) is 9.65. The molecule has 0 aliphatic carbocycles. The molecule has 0 spiro atoms. The molecule has 0 heterocycles. The van der Waals surface area contributed by atoms with Crippen molar-refractivity contribution in [2.45, 2.75) is 6.92 Å². The van der Waals surface area contributed by atoms with Crippen molar-refractivity contribution in [2.24, 2.45) is 0 Å². The number of hydrogen-bond acceptors (Lipinski definition) is 4. The van der Waals surface area contributed by atoms with Crippen molar-refractivity contribution >= 4 is 17.5 Å². The molecule has 2 amide bonds.